The molecule has 0 fully saturated rings. The Labute approximate surface area is 172 Å². The molecule has 2 aromatic carbocycles. The van der Waals surface area contributed by atoms with Crippen molar-refractivity contribution >= 4 is 31.9 Å². The van der Waals surface area contributed by atoms with Gasteiger partial charge in [-0.3, -0.25) is 0 Å². The van der Waals surface area contributed by atoms with E-state index < -0.39 is 0 Å². The molecule has 2 rings (SSSR count). The number of methoxy groups -OCH3 is 4. The van der Waals surface area contributed by atoms with Crippen molar-refractivity contribution in [3.05, 3.63) is 46.5 Å². The molecular formula is C20H24Br2O4. The average Bonchev–Trinajstić information content (AvgIpc) is 2.70. The highest BCUT2D eigenvalue weighted by Crippen LogP contribution is 2.35. The van der Waals surface area contributed by atoms with E-state index in [2.05, 4.69) is 31.9 Å². The van der Waals surface area contributed by atoms with Gasteiger partial charge in [0.2, 0.25) is 0 Å². The highest BCUT2D eigenvalue weighted by Gasteiger charge is 2.15. The van der Waals surface area contributed by atoms with Crippen LogP contribution in [-0.2, 0) is 23.5 Å². The number of aryl methyl sites for hydroxylation is 2. The van der Waals surface area contributed by atoms with Crippen LogP contribution in [0.5, 0.6) is 23.0 Å². The van der Waals surface area contributed by atoms with Crippen LogP contribution in [0, 0.1) is 0 Å². The molecule has 0 N–H and O–H groups in total. The van der Waals surface area contributed by atoms with Crippen molar-refractivity contribution in [2.45, 2.75) is 23.5 Å². The monoisotopic (exact) mass is 486 g/mol. The van der Waals surface area contributed by atoms with Crippen LogP contribution in [0.1, 0.15) is 22.3 Å². The smallest absolute Gasteiger partial charge is 0.126 e. The van der Waals surface area contributed by atoms with E-state index in [1.807, 2.05) is 24.3 Å². The third-order valence-electron chi connectivity index (χ3n) is 4.26. The van der Waals surface area contributed by atoms with Crippen LogP contribution < -0.4 is 18.9 Å². The van der Waals surface area contributed by atoms with E-state index in [0.29, 0.717) is 10.7 Å². The zero-order valence-electron chi connectivity index (χ0n) is 15.5. The summed E-state index contributed by atoms with van der Waals surface area (Å²) >= 11 is 7.05. The maximum Gasteiger partial charge on any atom is 0.126 e. The first kappa shape index (κ1) is 20.9. The Balaban J connectivity index is 2.39. The summed E-state index contributed by atoms with van der Waals surface area (Å²) in [5.41, 5.74) is 4.35. The first-order chi connectivity index (χ1) is 12.6. The van der Waals surface area contributed by atoms with Crippen LogP contribution >= 0.6 is 31.9 Å². The van der Waals surface area contributed by atoms with Crippen molar-refractivity contribution < 1.29 is 18.9 Å². The molecule has 0 spiro atoms. The van der Waals surface area contributed by atoms with Crippen LogP contribution in [0.4, 0.5) is 0 Å². The van der Waals surface area contributed by atoms with Crippen molar-refractivity contribution in [3.63, 3.8) is 0 Å². The minimum atomic E-state index is 0.705. The highest BCUT2D eigenvalue weighted by atomic mass is 79.9. The number of halogens is 2. The van der Waals surface area contributed by atoms with Gasteiger partial charge in [-0.15, -0.1) is 0 Å². The van der Waals surface area contributed by atoms with E-state index in [9.17, 15) is 0 Å². The molecule has 0 aromatic heterocycles. The van der Waals surface area contributed by atoms with E-state index in [-0.39, 0.29) is 0 Å². The lowest BCUT2D eigenvalue weighted by Crippen LogP contribution is -2.03. The van der Waals surface area contributed by atoms with Gasteiger partial charge in [0.1, 0.15) is 23.0 Å². The second kappa shape index (κ2) is 10.1. The zero-order valence-corrected chi connectivity index (χ0v) is 18.7. The molecule has 142 valence electrons. The number of hydrogen-bond donors (Lipinski definition) is 0. The van der Waals surface area contributed by atoms with Gasteiger partial charge in [0.15, 0.2) is 0 Å². The van der Waals surface area contributed by atoms with Gasteiger partial charge in [0.05, 0.1) is 28.4 Å². The summed E-state index contributed by atoms with van der Waals surface area (Å²) in [5.74, 6) is 3.44. The summed E-state index contributed by atoms with van der Waals surface area (Å²) in [7, 11) is 6.76. The topological polar surface area (TPSA) is 36.9 Å². The Kier molecular flexibility index (Phi) is 8.10. The van der Waals surface area contributed by atoms with Crippen molar-refractivity contribution in [2.24, 2.45) is 0 Å². The van der Waals surface area contributed by atoms with Gasteiger partial charge in [-0.2, -0.15) is 0 Å². The van der Waals surface area contributed by atoms with Crippen LogP contribution in [0.25, 0.3) is 0 Å². The Bertz CT molecular complexity index is 684. The fraction of sp³-hybridized carbons (Fsp3) is 0.400. The number of rotatable bonds is 9. The molecule has 6 heteroatoms. The van der Waals surface area contributed by atoms with E-state index in [4.69, 9.17) is 18.9 Å². The summed E-state index contributed by atoms with van der Waals surface area (Å²) in [5, 5.41) is 1.41. The van der Waals surface area contributed by atoms with E-state index in [1.165, 1.54) is 0 Å². The Morgan fingerprint density at radius 2 is 0.923 bits per heavy atom. The maximum atomic E-state index is 5.65. The molecule has 0 aliphatic heterocycles. The summed E-state index contributed by atoms with van der Waals surface area (Å²) < 4.78 is 22.2. The Morgan fingerprint density at radius 1 is 0.577 bits per heavy atom. The average molecular weight is 488 g/mol. The molecule has 0 bridgehead atoms. The van der Waals surface area contributed by atoms with Gasteiger partial charge in [-0.05, 0) is 48.2 Å². The standard InChI is InChI=1S/C20H24Br2O4/c1-23-17-7-13(19(25-3)15(9-17)11-21)5-6-14-8-18(24-2)10-16(12-22)20(14)26-4/h7-10H,5-6,11-12H2,1-4H3. The third-order valence-corrected chi connectivity index (χ3v) is 5.47. The quantitative estimate of drug-likeness (QED) is 0.450. The van der Waals surface area contributed by atoms with Gasteiger partial charge in [-0.1, -0.05) is 31.9 Å². The third kappa shape index (κ3) is 4.65. The minimum Gasteiger partial charge on any atom is -0.497 e. The van der Waals surface area contributed by atoms with Crippen LogP contribution in [-0.4, -0.2) is 28.4 Å². The predicted octanol–water partition coefficient (Wildman–Crippen LogP) is 5.30. The van der Waals surface area contributed by atoms with Crippen LogP contribution in [0.3, 0.4) is 0 Å². The molecule has 0 aliphatic carbocycles. The predicted molar refractivity (Wildman–Crippen MR) is 112 cm³/mol. The largest absolute Gasteiger partial charge is 0.497 e. The van der Waals surface area contributed by atoms with Gasteiger partial charge in [-0.25, -0.2) is 0 Å². The van der Waals surface area contributed by atoms with E-state index >= 15 is 0 Å². The van der Waals surface area contributed by atoms with Gasteiger partial charge in [0.25, 0.3) is 0 Å². The van der Waals surface area contributed by atoms with Gasteiger partial charge >= 0.3 is 0 Å². The fourth-order valence-electron chi connectivity index (χ4n) is 3.04. The lowest BCUT2D eigenvalue weighted by atomic mass is 9.99. The van der Waals surface area contributed by atoms with Crippen molar-refractivity contribution in [1.82, 2.24) is 0 Å². The molecule has 0 saturated carbocycles. The van der Waals surface area contributed by atoms with Crippen LogP contribution in [0.15, 0.2) is 24.3 Å². The zero-order chi connectivity index (χ0) is 19.1. The lowest BCUT2D eigenvalue weighted by molar-refractivity contribution is 0.392. The lowest BCUT2D eigenvalue weighted by Gasteiger charge is -2.17. The Hall–Kier alpha value is -1.40. The Morgan fingerprint density at radius 3 is 1.19 bits per heavy atom. The van der Waals surface area contributed by atoms with Gasteiger partial charge < -0.3 is 18.9 Å². The van der Waals surface area contributed by atoms with Crippen molar-refractivity contribution in [1.29, 1.82) is 0 Å². The molecule has 0 saturated heterocycles. The summed E-state index contributed by atoms with van der Waals surface area (Å²) in [4.78, 5) is 0. The maximum absolute atomic E-state index is 5.65. The van der Waals surface area contributed by atoms with Crippen molar-refractivity contribution in [3.8, 4) is 23.0 Å². The number of hydrogen-bond acceptors (Lipinski definition) is 4. The SMILES string of the molecule is COc1cc(CBr)c(OC)c(CCc2cc(OC)cc(CBr)c2OC)c1. The van der Waals surface area contributed by atoms with Crippen LogP contribution in [0.2, 0.25) is 0 Å². The summed E-state index contributed by atoms with van der Waals surface area (Å²) in [6, 6.07) is 8.05. The molecule has 0 aliphatic rings. The number of benzene rings is 2. The second-order valence-electron chi connectivity index (χ2n) is 5.73. The van der Waals surface area contributed by atoms with Crippen molar-refractivity contribution in [2.75, 3.05) is 28.4 Å². The minimum absolute atomic E-state index is 0.705. The number of ether oxygens (including phenoxy) is 4. The molecule has 26 heavy (non-hydrogen) atoms. The molecule has 0 amide bonds. The van der Waals surface area contributed by atoms with Gasteiger partial charge in [0, 0.05) is 21.8 Å². The normalized spacial score (nSPS) is 10.5. The van der Waals surface area contributed by atoms with E-state index in [1.54, 1.807) is 28.4 Å². The summed E-state index contributed by atoms with van der Waals surface area (Å²) in [6.45, 7) is 0. The molecule has 4 nitrogen and oxygen atoms in total. The molecular weight excluding hydrogens is 464 g/mol. The van der Waals surface area contributed by atoms with E-state index in [0.717, 1.165) is 58.1 Å². The molecule has 2 aromatic rings. The first-order valence-electron chi connectivity index (χ1n) is 8.21. The number of alkyl halides is 2. The second-order valence-corrected chi connectivity index (χ2v) is 6.85. The molecule has 0 radical (unpaired) electrons. The summed E-state index contributed by atoms with van der Waals surface area (Å²) in [6.07, 6.45) is 1.59. The highest BCUT2D eigenvalue weighted by molar-refractivity contribution is 9.08. The fourth-order valence-corrected chi connectivity index (χ4v) is 3.88. The molecule has 0 heterocycles. The molecule has 0 unspecified atom stereocenters. The molecule has 0 atom stereocenters. The first-order valence-corrected chi connectivity index (χ1v) is 10.5.